The number of rotatable bonds is 10. The molecule has 1 N–H and O–H groups in total. The lowest BCUT2D eigenvalue weighted by Crippen LogP contribution is -2.37. The van der Waals surface area contributed by atoms with Crippen molar-refractivity contribution in [2.24, 2.45) is 0 Å². The lowest BCUT2D eigenvalue weighted by atomic mass is 10.1. The number of carbonyl (C=O) groups is 1. The molecule has 0 saturated carbocycles. The number of furan rings is 1. The smallest absolute Gasteiger partial charge is 0.244 e. The maximum absolute atomic E-state index is 12.2. The second-order valence-electron chi connectivity index (χ2n) is 5.85. The van der Waals surface area contributed by atoms with Gasteiger partial charge in [0.2, 0.25) is 5.91 Å². The fraction of sp³-hybridized carbons (Fsp3) is 0.333. The molecule has 0 spiro atoms. The third-order valence-electron chi connectivity index (χ3n) is 4.21. The zero-order valence-electron chi connectivity index (χ0n) is 15.7. The Morgan fingerprint density at radius 1 is 1.30 bits per heavy atom. The highest BCUT2D eigenvalue weighted by Crippen LogP contribution is 2.20. The van der Waals surface area contributed by atoms with E-state index in [1.54, 1.807) is 24.5 Å². The van der Waals surface area contributed by atoms with Gasteiger partial charge in [0.05, 0.1) is 12.3 Å². The zero-order valence-corrected chi connectivity index (χ0v) is 15.7. The van der Waals surface area contributed by atoms with Crippen LogP contribution in [-0.2, 0) is 4.79 Å². The van der Waals surface area contributed by atoms with Crippen molar-refractivity contribution in [1.82, 2.24) is 10.2 Å². The van der Waals surface area contributed by atoms with E-state index >= 15 is 0 Å². The van der Waals surface area contributed by atoms with Crippen LogP contribution in [0.4, 0.5) is 0 Å². The van der Waals surface area contributed by atoms with E-state index in [0.717, 1.165) is 24.4 Å². The summed E-state index contributed by atoms with van der Waals surface area (Å²) in [5.74, 6) is 1.30. The molecule has 0 fully saturated rings. The summed E-state index contributed by atoms with van der Waals surface area (Å²) in [5.41, 5.74) is 0.876. The van der Waals surface area contributed by atoms with Gasteiger partial charge >= 0.3 is 0 Å². The number of nitrogens with zero attached hydrogens (tertiary/aromatic N) is 2. The molecule has 1 atom stereocenters. The number of nitriles is 1. The summed E-state index contributed by atoms with van der Waals surface area (Å²) in [4.78, 5) is 14.4. The van der Waals surface area contributed by atoms with E-state index in [9.17, 15) is 4.79 Å². The van der Waals surface area contributed by atoms with Crippen LogP contribution in [0.1, 0.15) is 31.2 Å². The van der Waals surface area contributed by atoms with Gasteiger partial charge < -0.3 is 14.5 Å². The fourth-order valence-corrected chi connectivity index (χ4v) is 2.77. The van der Waals surface area contributed by atoms with E-state index in [1.807, 2.05) is 30.3 Å². The van der Waals surface area contributed by atoms with E-state index in [2.05, 4.69) is 24.1 Å². The highest BCUT2D eigenvalue weighted by Gasteiger charge is 2.20. The molecule has 2 aromatic rings. The standard InChI is InChI=1S/C21H25N3O3/c1-3-24(4-2)19(20-6-5-14-27-20)16-23-21(25)12-9-17-7-10-18(11-8-17)26-15-13-22/h5-12,14,19H,3-4,15-16H2,1-2H3,(H,23,25)/b12-9+. The average molecular weight is 367 g/mol. The molecule has 1 unspecified atom stereocenters. The van der Waals surface area contributed by atoms with E-state index in [0.29, 0.717) is 12.3 Å². The minimum atomic E-state index is -0.163. The summed E-state index contributed by atoms with van der Waals surface area (Å²) in [6.45, 7) is 6.40. The minimum absolute atomic E-state index is 0.00363. The lowest BCUT2D eigenvalue weighted by molar-refractivity contribution is -0.116. The van der Waals surface area contributed by atoms with Crippen LogP contribution in [0.15, 0.2) is 53.2 Å². The third kappa shape index (κ3) is 6.32. The van der Waals surface area contributed by atoms with Crippen LogP contribution in [0.3, 0.4) is 0 Å². The van der Waals surface area contributed by atoms with E-state index in [4.69, 9.17) is 14.4 Å². The van der Waals surface area contributed by atoms with Gasteiger partial charge in [-0.05, 0) is 49.0 Å². The predicted octanol–water partition coefficient (Wildman–Crippen LogP) is 3.39. The number of ether oxygens (including phenoxy) is 1. The Morgan fingerprint density at radius 3 is 2.63 bits per heavy atom. The molecule has 0 aliphatic rings. The number of hydrogen-bond donors (Lipinski definition) is 1. The highest BCUT2D eigenvalue weighted by atomic mass is 16.5. The van der Waals surface area contributed by atoms with Gasteiger partial charge in [-0.15, -0.1) is 0 Å². The van der Waals surface area contributed by atoms with Crippen LogP contribution < -0.4 is 10.1 Å². The Hall–Kier alpha value is -3.04. The summed E-state index contributed by atoms with van der Waals surface area (Å²) >= 11 is 0. The van der Waals surface area contributed by atoms with E-state index in [-0.39, 0.29) is 18.6 Å². The molecule has 1 aromatic heterocycles. The fourth-order valence-electron chi connectivity index (χ4n) is 2.77. The molecule has 0 bridgehead atoms. The summed E-state index contributed by atoms with van der Waals surface area (Å²) in [5, 5.41) is 11.4. The van der Waals surface area contributed by atoms with E-state index in [1.165, 1.54) is 6.08 Å². The normalized spacial score (nSPS) is 12.1. The first-order valence-corrected chi connectivity index (χ1v) is 9.01. The predicted molar refractivity (Wildman–Crippen MR) is 104 cm³/mol. The molecule has 1 aromatic carbocycles. The molecule has 6 heteroatoms. The molecular formula is C21H25N3O3. The van der Waals surface area contributed by atoms with Crippen LogP contribution in [-0.4, -0.2) is 37.0 Å². The molecule has 2 rings (SSSR count). The molecule has 0 aliphatic heterocycles. The Labute approximate surface area is 160 Å². The van der Waals surface area contributed by atoms with Gasteiger partial charge in [-0.25, -0.2) is 0 Å². The molecule has 0 aliphatic carbocycles. The molecule has 142 valence electrons. The molecule has 27 heavy (non-hydrogen) atoms. The SMILES string of the molecule is CCN(CC)C(CNC(=O)/C=C/c1ccc(OCC#N)cc1)c1ccco1. The van der Waals surface area contributed by atoms with Crippen LogP contribution in [0.25, 0.3) is 6.08 Å². The first-order valence-electron chi connectivity index (χ1n) is 9.01. The van der Waals surface area contributed by atoms with Crippen LogP contribution in [0, 0.1) is 11.3 Å². The van der Waals surface area contributed by atoms with Gasteiger partial charge in [0.25, 0.3) is 0 Å². The second-order valence-corrected chi connectivity index (χ2v) is 5.85. The van der Waals surface area contributed by atoms with Gasteiger partial charge in [-0.2, -0.15) is 5.26 Å². The van der Waals surface area contributed by atoms with E-state index < -0.39 is 0 Å². The topological polar surface area (TPSA) is 78.5 Å². The summed E-state index contributed by atoms with van der Waals surface area (Å²) < 4.78 is 10.7. The second kappa shape index (κ2) is 10.8. The number of nitrogens with one attached hydrogen (secondary N) is 1. The molecule has 0 saturated heterocycles. The van der Waals surface area contributed by atoms with Crippen molar-refractivity contribution in [3.63, 3.8) is 0 Å². The van der Waals surface area contributed by atoms with Gasteiger partial charge in [0, 0.05) is 12.6 Å². The molecule has 6 nitrogen and oxygen atoms in total. The average Bonchev–Trinajstić information content (AvgIpc) is 3.23. The summed E-state index contributed by atoms with van der Waals surface area (Å²) in [6, 6.07) is 12.9. The Morgan fingerprint density at radius 2 is 2.04 bits per heavy atom. The maximum atomic E-state index is 12.2. The van der Waals surface area contributed by atoms with Gasteiger partial charge in [-0.1, -0.05) is 26.0 Å². The van der Waals surface area contributed by atoms with Crippen molar-refractivity contribution in [3.8, 4) is 11.8 Å². The molecular weight excluding hydrogens is 342 g/mol. The van der Waals surface area contributed by atoms with Crippen LogP contribution in [0.2, 0.25) is 0 Å². The largest absolute Gasteiger partial charge is 0.479 e. The third-order valence-corrected chi connectivity index (χ3v) is 4.21. The molecule has 1 amide bonds. The Kier molecular flexibility index (Phi) is 8.14. The lowest BCUT2D eigenvalue weighted by Gasteiger charge is -2.28. The van der Waals surface area contributed by atoms with Crippen molar-refractivity contribution in [1.29, 1.82) is 5.26 Å². The summed E-state index contributed by atoms with van der Waals surface area (Å²) in [7, 11) is 0. The highest BCUT2D eigenvalue weighted by molar-refractivity contribution is 5.91. The number of amides is 1. The number of likely N-dealkylation sites (N-methyl/N-ethyl adjacent to an activating group) is 1. The van der Waals surface area contributed by atoms with Crippen molar-refractivity contribution >= 4 is 12.0 Å². The van der Waals surface area contributed by atoms with Crippen molar-refractivity contribution in [2.75, 3.05) is 26.2 Å². The first kappa shape index (κ1) is 20.3. The van der Waals surface area contributed by atoms with Crippen molar-refractivity contribution in [2.45, 2.75) is 19.9 Å². The monoisotopic (exact) mass is 367 g/mol. The first-order chi connectivity index (χ1) is 13.2. The number of hydrogen-bond acceptors (Lipinski definition) is 5. The zero-order chi connectivity index (χ0) is 19.5. The Balaban J connectivity index is 1.91. The number of carbonyl (C=O) groups excluding carboxylic acids is 1. The Bertz CT molecular complexity index is 757. The minimum Gasteiger partial charge on any atom is -0.479 e. The molecule has 0 radical (unpaired) electrons. The van der Waals surface area contributed by atoms with Gasteiger partial charge in [-0.3, -0.25) is 9.69 Å². The molecule has 1 heterocycles. The number of benzene rings is 1. The quantitative estimate of drug-likeness (QED) is 0.651. The van der Waals surface area contributed by atoms with Gasteiger partial charge in [0.15, 0.2) is 6.61 Å². The summed E-state index contributed by atoms with van der Waals surface area (Å²) in [6.07, 6.45) is 4.90. The van der Waals surface area contributed by atoms with Crippen molar-refractivity contribution < 1.29 is 13.9 Å². The maximum Gasteiger partial charge on any atom is 0.244 e. The van der Waals surface area contributed by atoms with Crippen LogP contribution >= 0.6 is 0 Å². The van der Waals surface area contributed by atoms with Crippen LogP contribution in [0.5, 0.6) is 5.75 Å². The van der Waals surface area contributed by atoms with Gasteiger partial charge in [0.1, 0.15) is 17.6 Å². The van der Waals surface area contributed by atoms with Crippen molar-refractivity contribution in [3.05, 3.63) is 60.1 Å².